The van der Waals surface area contributed by atoms with Crippen molar-refractivity contribution in [3.05, 3.63) is 88.0 Å². The molecule has 4 rings (SSSR count). The Labute approximate surface area is 192 Å². The van der Waals surface area contributed by atoms with Crippen LogP contribution in [0.3, 0.4) is 0 Å². The number of ether oxygens (including phenoxy) is 1. The van der Waals surface area contributed by atoms with Gasteiger partial charge < -0.3 is 20.8 Å². The lowest BCUT2D eigenvalue weighted by atomic mass is 10.1. The fraction of sp³-hybridized carbons (Fsp3) is 0.167. The average molecular weight is 469 g/mol. The molecule has 10 heteroatoms. The summed E-state index contributed by atoms with van der Waals surface area (Å²) in [6, 6.07) is 12.9. The molecule has 0 radical (unpaired) electrons. The molecule has 0 saturated carbocycles. The monoisotopic (exact) mass is 469 g/mol. The minimum Gasteiger partial charge on any atom is -0.457 e. The number of allylic oxidation sites excluding steroid dienone is 1. The quantitative estimate of drug-likeness (QED) is 0.454. The zero-order valence-electron chi connectivity index (χ0n) is 18.4. The van der Waals surface area contributed by atoms with E-state index in [0.717, 1.165) is 17.7 Å². The van der Waals surface area contributed by atoms with Gasteiger partial charge in [0, 0.05) is 30.6 Å². The molecule has 2 aromatic heterocycles. The van der Waals surface area contributed by atoms with Crippen molar-refractivity contribution in [3.63, 3.8) is 0 Å². The summed E-state index contributed by atoms with van der Waals surface area (Å²) in [5, 5.41) is 4.68. The van der Waals surface area contributed by atoms with Gasteiger partial charge in [0.05, 0.1) is 23.1 Å². The lowest BCUT2D eigenvalue weighted by Gasteiger charge is -2.11. The van der Waals surface area contributed by atoms with Gasteiger partial charge in [-0.2, -0.15) is 18.3 Å². The van der Waals surface area contributed by atoms with Crippen molar-refractivity contribution in [3.8, 4) is 22.8 Å². The van der Waals surface area contributed by atoms with Gasteiger partial charge >= 0.3 is 6.18 Å². The minimum atomic E-state index is -4.42. The van der Waals surface area contributed by atoms with E-state index in [2.05, 4.69) is 5.10 Å². The van der Waals surface area contributed by atoms with Gasteiger partial charge in [-0.1, -0.05) is 0 Å². The van der Waals surface area contributed by atoms with Crippen LogP contribution < -0.4 is 21.8 Å². The second kappa shape index (κ2) is 8.62. The Morgan fingerprint density at radius 3 is 2.44 bits per heavy atom. The fourth-order valence-electron chi connectivity index (χ4n) is 3.67. The third-order valence-corrected chi connectivity index (χ3v) is 5.30. The van der Waals surface area contributed by atoms with Crippen LogP contribution in [-0.4, -0.2) is 14.3 Å². The van der Waals surface area contributed by atoms with E-state index >= 15 is 0 Å². The Balaban J connectivity index is 1.79. The predicted molar refractivity (Wildman–Crippen MR) is 123 cm³/mol. The van der Waals surface area contributed by atoms with Crippen LogP contribution in [0.15, 0.2) is 71.3 Å². The van der Waals surface area contributed by atoms with E-state index in [9.17, 15) is 18.0 Å². The number of rotatable bonds is 5. The number of nitrogens with two attached hydrogens (primary N) is 2. The largest absolute Gasteiger partial charge is 0.457 e. The number of hydrogen-bond donors (Lipinski definition) is 2. The maximum absolute atomic E-state index is 12.8. The first kappa shape index (κ1) is 23.0. The summed E-state index contributed by atoms with van der Waals surface area (Å²) in [6.45, 7) is 2.09. The number of benzene rings is 2. The summed E-state index contributed by atoms with van der Waals surface area (Å²) < 4.78 is 47.5. The molecule has 4 N–H and O–H groups in total. The zero-order valence-corrected chi connectivity index (χ0v) is 18.4. The number of alkyl halides is 3. The van der Waals surface area contributed by atoms with Crippen molar-refractivity contribution >= 4 is 11.0 Å². The average Bonchev–Trinajstić information content (AvgIpc) is 3.14. The first-order valence-corrected chi connectivity index (χ1v) is 10.3. The van der Waals surface area contributed by atoms with Gasteiger partial charge in [0.25, 0.3) is 5.56 Å². The van der Waals surface area contributed by atoms with Crippen molar-refractivity contribution in [2.24, 2.45) is 18.5 Å². The van der Waals surface area contributed by atoms with E-state index in [-0.39, 0.29) is 17.9 Å². The highest BCUT2D eigenvalue weighted by molar-refractivity contribution is 5.91. The van der Waals surface area contributed by atoms with Crippen LogP contribution in [0.2, 0.25) is 0 Å². The molecule has 0 aliphatic carbocycles. The summed E-state index contributed by atoms with van der Waals surface area (Å²) in [5.41, 5.74) is 14.2. The van der Waals surface area contributed by atoms with E-state index in [1.807, 2.05) is 13.0 Å². The van der Waals surface area contributed by atoms with Gasteiger partial charge in [0.2, 0.25) is 0 Å². The molecular weight excluding hydrogens is 447 g/mol. The molecule has 0 spiro atoms. The Morgan fingerprint density at radius 2 is 1.79 bits per heavy atom. The number of hydrogen-bond acceptors (Lipinski definition) is 5. The molecule has 176 valence electrons. The molecule has 0 atom stereocenters. The molecule has 34 heavy (non-hydrogen) atoms. The van der Waals surface area contributed by atoms with Gasteiger partial charge in [-0.3, -0.25) is 9.48 Å². The molecular formula is C24H22F3N5O2. The number of aryl methyl sites for hydroxylation is 2. The van der Waals surface area contributed by atoms with E-state index in [4.69, 9.17) is 16.2 Å². The molecule has 0 amide bonds. The molecule has 0 aliphatic heterocycles. The molecule has 0 saturated heterocycles. The van der Waals surface area contributed by atoms with Crippen LogP contribution in [0.4, 0.5) is 13.2 Å². The summed E-state index contributed by atoms with van der Waals surface area (Å²) in [6.07, 6.45) is -3.13. The third kappa shape index (κ3) is 4.47. The SMILES string of the molecule is Cc1cc(Oc2ccc(C(F)(F)F)cc2)cc(-c2nn(C/C(N)=C/N)c3ccc(=O)n(C)c23)c1. The molecule has 0 bridgehead atoms. The Morgan fingerprint density at radius 1 is 1.09 bits per heavy atom. The maximum atomic E-state index is 12.8. The van der Waals surface area contributed by atoms with Crippen molar-refractivity contribution < 1.29 is 17.9 Å². The van der Waals surface area contributed by atoms with E-state index in [1.54, 1.807) is 29.9 Å². The first-order chi connectivity index (χ1) is 16.1. The van der Waals surface area contributed by atoms with Gasteiger partial charge in [0.15, 0.2) is 0 Å². The van der Waals surface area contributed by atoms with E-state index in [1.165, 1.54) is 29.0 Å². The first-order valence-electron chi connectivity index (χ1n) is 10.3. The van der Waals surface area contributed by atoms with Gasteiger partial charge in [-0.05, 0) is 61.0 Å². The highest BCUT2D eigenvalue weighted by Crippen LogP contribution is 2.34. The normalized spacial score (nSPS) is 12.3. The standard InChI is InChI=1S/C24H22F3N5O2/c1-14-9-15(11-19(10-14)34-18-5-3-16(4-6-18)24(25,26)27)22-23-20(7-8-21(33)31(23)2)32(30-22)13-17(29)12-28/h3-12H,13,28-29H2,1-2H3/b17-12-. The van der Waals surface area contributed by atoms with Crippen molar-refractivity contribution in [2.45, 2.75) is 19.6 Å². The second-order valence-electron chi connectivity index (χ2n) is 7.87. The van der Waals surface area contributed by atoms with Crippen molar-refractivity contribution in [1.29, 1.82) is 0 Å². The molecule has 0 aliphatic rings. The number of nitrogens with zero attached hydrogens (tertiary/aromatic N) is 3. The van der Waals surface area contributed by atoms with Crippen molar-refractivity contribution in [1.82, 2.24) is 14.3 Å². The number of aromatic nitrogens is 3. The van der Waals surface area contributed by atoms with Crippen LogP contribution in [0, 0.1) is 6.92 Å². The third-order valence-electron chi connectivity index (χ3n) is 5.30. The smallest absolute Gasteiger partial charge is 0.416 e. The van der Waals surface area contributed by atoms with Crippen LogP contribution in [-0.2, 0) is 19.8 Å². The van der Waals surface area contributed by atoms with Crippen molar-refractivity contribution in [2.75, 3.05) is 0 Å². The minimum absolute atomic E-state index is 0.204. The van der Waals surface area contributed by atoms with Crippen LogP contribution in [0.25, 0.3) is 22.3 Å². The number of fused-ring (bicyclic) bond motifs is 1. The van der Waals surface area contributed by atoms with E-state index < -0.39 is 11.7 Å². The maximum Gasteiger partial charge on any atom is 0.416 e. The molecule has 7 nitrogen and oxygen atoms in total. The summed E-state index contributed by atoms with van der Waals surface area (Å²) >= 11 is 0. The zero-order chi connectivity index (χ0) is 24.6. The lowest BCUT2D eigenvalue weighted by molar-refractivity contribution is -0.137. The Kier molecular flexibility index (Phi) is 5.82. The number of pyridine rings is 1. The van der Waals surface area contributed by atoms with Crippen LogP contribution >= 0.6 is 0 Å². The summed E-state index contributed by atoms with van der Waals surface area (Å²) in [4.78, 5) is 12.3. The van der Waals surface area contributed by atoms with Gasteiger partial charge in [0.1, 0.15) is 17.2 Å². The lowest BCUT2D eigenvalue weighted by Crippen LogP contribution is -2.16. The second-order valence-corrected chi connectivity index (χ2v) is 7.87. The molecule has 2 aromatic carbocycles. The molecule has 2 heterocycles. The van der Waals surface area contributed by atoms with E-state index in [0.29, 0.717) is 33.7 Å². The molecule has 4 aromatic rings. The number of halogens is 3. The highest BCUT2D eigenvalue weighted by atomic mass is 19.4. The topological polar surface area (TPSA) is 101 Å². The fourth-order valence-corrected chi connectivity index (χ4v) is 3.67. The van der Waals surface area contributed by atoms with Crippen LogP contribution in [0.1, 0.15) is 11.1 Å². The highest BCUT2D eigenvalue weighted by Gasteiger charge is 2.30. The molecule has 0 unspecified atom stereocenters. The summed E-state index contributed by atoms with van der Waals surface area (Å²) in [7, 11) is 1.65. The van der Waals surface area contributed by atoms with Gasteiger partial charge in [-0.15, -0.1) is 0 Å². The summed E-state index contributed by atoms with van der Waals surface area (Å²) in [5.74, 6) is 0.674. The van der Waals surface area contributed by atoms with Gasteiger partial charge in [-0.25, -0.2) is 0 Å². The predicted octanol–water partition coefficient (Wildman–Crippen LogP) is 4.28. The van der Waals surface area contributed by atoms with Crippen LogP contribution in [0.5, 0.6) is 11.5 Å². The molecule has 0 fully saturated rings. The Hall–Kier alpha value is -4.21. The Bertz CT molecular complexity index is 1450.